The Morgan fingerprint density at radius 3 is 2.48 bits per heavy atom. The Kier molecular flexibility index (Phi) is 4.77. The van der Waals surface area contributed by atoms with Crippen molar-refractivity contribution in [2.24, 2.45) is 0 Å². The second-order valence-electron chi connectivity index (χ2n) is 5.46. The zero-order chi connectivity index (χ0) is 17.9. The van der Waals surface area contributed by atoms with Crippen molar-refractivity contribution in [2.75, 3.05) is 12.3 Å². The Balaban J connectivity index is 2.08. The molecule has 2 aromatic heterocycles. The summed E-state index contributed by atoms with van der Waals surface area (Å²) in [6.07, 6.45) is 4.83. The highest BCUT2D eigenvalue weighted by Crippen LogP contribution is 2.10. The molecule has 0 aliphatic carbocycles. The molecule has 0 bridgehead atoms. The monoisotopic (exact) mass is 362 g/mol. The van der Waals surface area contributed by atoms with Crippen LogP contribution in [0.15, 0.2) is 72.3 Å². The largest absolute Gasteiger partial charge is 0.436 e. The van der Waals surface area contributed by atoms with Gasteiger partial charge in [-0.3, -0.25) is 5.73 Å². The molecule has 9 heteroatoms. The summed E-state index contributed by atoms with van der Waals surface area (Å²) in [5.74, 6) is 0.508. The number of aliphatic hydroxyl groups is 1. The number of nitrogens with zero attached hydrogens (tertiary/aromatic N) is 4. The van der Waals surface area contributed by atoms with E-state index in [4.69, 9.17) is 10.8 Å². The van der Waals surface area contributed by atoms with Crippen LogP contribution < -0.4 is 19.5 Å². The van der Waals surface area contributed by atoms with Gasteiger partial charge in [-0.2, -0.15) is 13.0 Å². The van der Waals surface area contributed by atoms with E-state index in [2.05, 4.69) is 0 Å². The van der Waals surface area contributed by atoms with Crippen molar-refractivity contribution in [3.05, 3.63) is 67.4 Å². The van der Waals surface area contributed by atoms with Crippen molar-refractivity contribution in [3.63, 3.8) is 0 Å². The maximum atomic E-state index is 13.0. The average molecular weight is 362 g/mol. The van der Waals surface area contributed by atoms with Gasteiger partial charge in [-0.1, -0.05) is 24.3 Å². The van der Waals surface area contributed by atoms with Gasteiger partial charge in [-0.25, -0.2) is 0 Å². The fourth-order valence-corrected chi connectivity index (χ4v) is 3.78. The molecule has 130 valence electrons. The first kappa shape index (κ1) is 17.1. The molecule has 0 aliphatic rings. The molecule has 25 heavy (non-hydrogen) atoms. The molecule has 0 aliphatic heterocycles. The molecule has 0 saturated carbocycles. The van der Waals surface area contributed by atoms with E-state index < -0.39 is 10.0 Å². The molecule has 0 unspecified atom stereocenters. The van der Waals surface area contributed by atoms with Crippen molar-refractivity contribution in [1.82, 2.24) is 4.09 Å². The van der Waals surface area contributed by atoms with Crippen LogP contribution in [0.4, 0.5) is 5.82 Å². The van der Waals surface area contributed by atoms with Crippen LogP contribution in [-0.2, 0) is 23.2 Å². The summed E-state index contributed by atoms with van der Waals surface area (Å²) in [5, 5.41) is 9.16. The number of anilines is 1. The SMILES string of the molecule is Nc1cccc[n+]1C[n+]1c[n+](CCO)cn1S(=O)(=O)c1ccccc1. The van der Waals surface area contributed by atoms with Gasteiger partial charge in [0.1, 0.15) is 6.61 Å². The van der Waals surface area contributed by atoms with E-state index in [0.29, 0.717) is 5.82 Å². The minimum atomic E-state index is -3.78. The summed E-state index contributed by atoms with van der Waals surface area (Å²) >= 11 is 0. The highest BCUT2D eigenvalue weighted by molar-refractivity contribution is 7.89. The van der Waals surface area contributed by atoms with Gasteiger partial charge < -0.3 is 5.11 Å². The Bertz CT molecular complexity index is 970. The van der Waals surface area contributed by atoms with Gasteiger partial charge in [-0.15, -0.1) is 4.57 Å². The molecular formula is C16H20N5O3S+3. The first-order valence-corrected chi connectivity index (χ1v) is 9.13. The Hall–Kier alpha value is -2.78. The number of benzene rings is 1. The number of hydrogen-bond donors (Lipinski definition) is 2. The minimum Gasteiger partial charge on any atom is -0.390 e. The molecule has 0 fully saturated rings. The molecule has 0 spiro atoms. The lowest BCUT2D eigenvalue weighted by atomic mass is 10.4. The summed E-state index contributed by atoms with van der Waals surface area (Å²) in [6.45, 7) is 0.393. The lowest BCUT2D eigenvalue weighted by molar-refractivity contribution is -0.953. The topological polar surface area (TPSA) is 97.0 Å². The average Bonchev–Trinajstić information content (AvgIpc) is 3.01. The van der Waals surface area contributed by atoms with Gasteiger partial charge >= 0.3 is 29.3 Å². The smallest absolute Gasteiger partial charge is 0.390 e. The third-order valence-corrected chi connectivity index (χ3v) is 5.36. The zero-order valence-electron chi connectivity index (χ0n) is 13.5. The molecular weight excluding hydrogens is 342 g/mol. The fourth-order valence-electron chi connectivity index (χ4n) is 2.45. The van der Waals surface area contributed by atoms with E-state index in [1.807, 2.05) is 12.1 Å². The molecule has 0 atom stereocenters. The van der Waals surface area contributed by atoms with Gasteiger partial charge in [0.2, 0.25) is 0 Å². The highest BCUT2D eigenvalue weighted by atomic mass is 32.2. The van der Waals surface area contributed by atoms with Crippen LogP contribution in [-0.4, -0.2) is 24.2 Å². The van der Waals surface area contributed by atoms with Gasteiger partial charge in [0.25, 0.3) is 5.82 Å². The van der Waals surface area contributed by atoms with E-state index in [-0.39, 0.29) is 24.7 Å². The maximum Gasteiger partial charge on any atom is 0.436 e. The van der Waals surface area contributed by atoms with Gasteiger partial charge in [0.05, 0.1) is 11.1 Å². The number of nitrogen functional groups attached to an aromatic ring is 1. The second kappa shape index (κ2) is 6.99. The number of rotatable bonds is 6. The van der Waals surface area contributed by atoms with E-state index in [9.17, 15) is 8.42 Å². The number of nitrogens with two attached hydrogens (primary N) is 1. The van der Waals surface area contributed by atoms with Gasteiger partial charge in [-0.05, 0) is 18.2 Å². The van der Waals surface area contributed by atoms with Crippen LogP contribution in [0.2, 0.25) is 0 Å². The fraction of sp³-hybridized carbons (Fsp3) is 0.188. The number of pyridine rings is 1. The molecule has 8 nitrogen and oxygen atoms in total. The number of aromatic nitrogens is 4. The first-order valence-electron chi connectivity index (χ1n) is 7.69. The van der Waals surface area contributed by atoms with E-state index in [1.54, 1.807) is 58.1 Å². The lowest BCUT2D eigenvalue weighted by Crippen LogP contribution is -2.58. The summed E-state index contributed by atoms with van der Waals surface area (Å²) < 4.78 is 32.0. The van der Waals surface area contributed by atoms with Crippen LogP contribution in [0.3, 0.4) is 0 Å². The van der Waals surface area contributed by atoms with Crippen LogP contribution in [0, 0.1) is 0 Å². The predicted molar refractivity (Wildman–Crippen MR) is 87.4 cm³/mol. The van der Waals surface area contributed by atoms with E-state index in [0.717, 1.165) is 4.09 Å². The molecule has 3 N–H and O–H groups in total. The number of hydrogen-bond acceptors (Lipinski definition) is 4. The Morgan fingerprint density at radius 1 is 1.08 bits per heavy atom. The van der Waals surface area contributed by atoms with E-state index in [1.165, 1.54) is 11.0 Å². The first-order chi connectivity index (χ1) is 12.0. The Morgan fingerprint density at radius 2 is 1.80 bits per heavy atom. The summed E-state index contributed by atoms with van der Waals surface area (Å²) in [4.78, 5) is 0.182. The molecule has 3 rings (SSSR count). The van der Waals surface area contributed by atoms with Crippen molar-refractivity contribution in [3.8, 4) is 0 Å². The zero-order valence-corrected chi connectivity index (χ0v) is 14.3. The number of aliphatic hydroxyl groups excluding tert-OH is 1. The normalized spacial score (nSPS) is 11.6. The minimum absolute atomic E-state index is 0.0965. The van der Waals surface area contributed by atoms with Crippen LogP contribution in [0.5, 0.6) is 0 Å². The van der Waals surface area contributed by atoms with Crippen LogP contribution in [0.25, 0.3) is 0 Å². The molecule has 1 aromatic carbocycles. The predicted octanol–water partition coefficient (Wildman–Crippen LogP) is -1.33. The third-order valence-electron chi connectivity index (χ3n) is 3.70. The Labute approximate surface area is 145 Å². The standard InChI is InChI=1S/C16H19N5O3S/c17-16-8-4-5-9-19(16)14-20-12-18(10-11-22)13-21(20)25(23,24)15-6-2-1-3-7-15/h1-9,12-13,17,22H,10-11,14H2/q+2/p+1. The summed E-state index contributed by atoms with van der Waals surface area (Å²) in [6, 6.07) is 13.6. The van der Waals surface area contributed by atoms with Crippen molar-refractivity contribution in [2.45, 2.75) is 18.1 Å². The molecule has 3 aromatic rings. The van der Waals surface area contributed by atoms with E-state index >= 15 is 0 Å². The summed E-state index contributed by atoms with van der Waals surface area (Å²) in [7, 11) is -3.78. The molecule has 0 amide bonds. The lowest BCUT2D eigenvalue weighted by Gasteiger charge is -2.02. The summed E-state index contributed by atoms with van der Waals surface area (Å²) in [5.41, 5.74) is 5.95. The van der Waals surface area contributed by atoms with Crippen molar-refractivity contribution < 1.29 is 27.3 Å². The third kappa shape index (κ3) is 3.52. The van der Waals surface area contributed by atoms with Crippen LogP contribution >= 0.6 is 0 Å². The second-order valence-corrected chi connectivity index (χ2v) is 7.25. The van der Waals surface area contributed by atoms with Crippen molar-refractivity contribution in [1.29, 1.82) is 0 Å². The molecule has 0 saturated heterocycles. The maximum absolute atomic E-state index is 13.0. The van der Waals surface area contributed by atoms with Crippen LogP contribution in [0.1, 0.15) is 0 Å². The van der Waals surface area contributed by atoms with Gasteiger partial charge in [0, 0.05) is 14.8 Å². The van der Waals surface area contributed by atoms with Gasteiger partial charge in [0.15, 0.2) is 6.54 Å². The van der Waals surface area contributed by atoms with Crippen molar-refractivity contribution >= 4 is 15.8 Å². The molecule has 0 radical (unpaired) electrons. The molecule has 2 heterocycles. The quantitative estimate of drug-likeness (QED) is 0.531. The highest BCUT2D eigenvalue weighted by Gasteiger charge is 2.32.